The zero-order valence-corrected chi connectivity index (χ0v) is 12.4. The SMILES string of the molecule is CC(C)c1c(O)cc(/C=C/c2ccc(Cl)cn2)c(F)c1O. The number of hydrogen-bond donors (Lipinski definition) is 2. The quantitative estimate of drug-likeness (QED) is 0.872. The third-order valence-corrected chi connectivity index (χ3v) is 3.27. The van der Waals surface area contributed by atoms with E-state index < -0.39 is 11.6 Å². The molecule has 0 aliphatic carbocycles. The second-order valence-electron chi connectivity index (χ2n) is 4.95. The van der Waals surface area contributed by atoms with Crippen molar-refractivity contribution in [1.82, 2.24) is 4.98 Å². The lowest BCUT2D eigenvalue weighted by atomic mass is 9.98. The minimum atomic E-state index is -0.762. The van der Waals surface area contributed by atoms with Crippen molar-refractivity contribution in [3.05, 3.63) is 52.1 Å². The van der Waals surface area contributed by atoms with E-state index in [1.54, 1.807) is 32.1 Å². The van der Waals surface area contributed by atoms with Crippen LogP contribution in [0.1, 0.15) is 36.6 Å². The molecule has 0 spiro atoms. The lowest BCUT2D eigenvalue weighted by molar-refractivity contribution is 0.404. The van der Waals surface area contributed by atoms with Gasteiger partial charge in [0.15, 0.2) is 11.6 Å². The summed E-state index contributed by atoms with van der Waals surface area (Å²) in [5.41, 5.74) is 0.881. The second-order valence-corrected chi connectivity index (χ2v) is 5.39. The number of phenolic OH excluding ortho intramolecular Hbond substituents is 2. The van der Waals surface area contributed by atoms with Crippen molar-refractivity contribution >= 4 is 23.8 Å². The van der Waals surface area contributed by atoms with Crippen LogP contribution in [0.4, 0.5) is 4.39 Å². The van der Waals surface area contributed by atoms with Crippen molar-refractivity contribution in [2.24, 2.45) is 0 Å². The summed E-state index contributed by atoms with van der Waals surface area (Å²) in [6.07, 6.45) is 4.49. The monoisotopic (exact) mass is 307 g/mol. The first-order valence-electron chi connectivity index (χ1n) is 6.44. The highest BCUT2D eigenvalue weighted by atomic mass is 35.5. The van der Waals surface area contributed by atoms with Crippen LogP contribution < -0.4 is 0 Å². The van der Waals surface area contributed by atoms with Gasteiger partial charge in [-0.2, -0.15) is 0 Å². The topological polar surface area (TPSA) is 53.4 Å². The molecule has 0 unspecified atom stereocenters. The Morgan fingerprint density at radius 1 is 1.24 bits per heavy atom. The number of pyridine rings is 1. The van der Waals surface area contributed by atoms with Crippen LogP contribution in [-0.2, 0) is 0 Å². The molecule has 0 radical (unpaired) electrons. The molecule has 0 saturated carbocycles. The standard InChI is InChI=1S/C16H15ClFNO2/c1-9(2)14-13(20)7-10(15(18)16(14)21)3-5-12-6-4-11(17)8-19-12/h3-9,20-21H,1-2H3/b5-3+. The fraction of sp³-hybridized carbons (Fsp3) is 0.188. The number of aromatic hydroxyl groups is 2. The minimum Gasteiger partial charge on any atom is -0.507 e. The van der Waals surface area contributed by atoms with Gasteiger partial charge in [0.25, 0.3) is 0 Å². The van der Waals surface area contributed by atoms with E-state index in [1.165, 1.54) is 18.3 Å². The van der Waals surface area contributed by atoms with E-state index in [-0.39, 0.29) is 22.8 Å². The molecule has 0 amide bonds. The Balaban J connectivity index is 2.39. The molecule has 3 nitrogen and oxygen atoms in total. The van der Waals surface area contributed by atoms with Gasteiger partial charge in [-0.25, -0.2) is 4.39 Å². The first-order valence-corrected chi connectivity index (χ1v) is 6.82. The van der Waals surface area contributed by atoms with Crippen molar-refractivity contribution in [3.63, 3.8) is 0 Å². The molecule has 1 aromatic heterocycles. The highest BCUT2D eigenvalue weighted by Gasteiger charge is 2.18. The average Bonchev–Trinajstić information content (AvgIpc) is 2.42. The van der Waals surface area contributed by atoms with Gasteiger partial charge in [0, 0.05) is 17.3 Å². The maximum absolute atomic E-state index is 14.1. The number of nitrogens with zero attached hydrogens (tertiary/aromatic N) is 1. The predicted octanol–water partition coefficient (Wildman–Crippen LogP) is 4.58. The third-order valence-electron chi connectivity index (χ3n) is 3.05. The summed E-state index contributed by atoms with van der Waals surface area (Å²) in [5.74, 6) is -1.60. The van der Waals surface area contributed by atoms with Crippen molar-refractivity contribution in [2.75, 3.05) is 0 Å². The maximum Gasteiger partial charge on any atom is 0.172 e. The van der Waals surface area contributed by atoms with Crippen LogP contribution in [0.2, 0.25) is 5.02 Å². The highest BCUT2D eigenvalue weighted by Crippen LogP contribution is 2.38. The molecule has 0 saturated heterocycles. The Morgan fingerprint density at radius 3 is 2.52 bits per heavy atom. The summed E-state index contributed by atoms with van der Waals surface area (Å²) in [7, 11) is 0. The fourth-order valence-electron chi connectivity index (χ4n) is 2.02. The molecular formula is C16H15ClFNO2. The molecule has 0 aliphatic rings. The first-order chi connectivity index (χ1) is 9.90. The van der Waals surface area contributed by atoms with Gasteiger partial charge in [0.1, 0.15) is 5.75 Å². The lowest BCUT2D eigenvalue weighted by Gasteiger charge is -2.13. The van der Waals surface area contributed by atoms with Crippen LogP contribution in [-0.4, -0.2) is 15.2 Å². The zero-order chi connectivity index (χ0) is 15.6. The van der Waals surface area contributed by atoms with Gasteiger partial charge in [0.05, 0.1) is 10.7 Å². The number of rotatable bonds is 3. The van der Waals surface area contributed by atoms with E-state index in [9.17, 15) is 14.6 Å². The van der Waals surface area contributed by atoms with Gasteiger partial charge in [0.2, 0.25) is 0 Å². The van der Waals surface area contributed by atoms with Gasteiger partial charge < -0.3 is 10.2 Å². The van der Waals surface area contributed by atoms with Crippen LogP contribution in [0, 0.1) is 5.82 Å². The van der Waals surface area contributed by atoms with Crippen LogP contribution >= 0.6 is 11.6 Å². The van der Waals surface area contributed by atoms with E-state index in [2.05, 4.69) is 4.98 Å². The van der Waals surface area contributed by atoms with Crippen molar-refractivity contribution < 1.29 is 14.6 Å². The molecule has 1 aromatic carbocycles. The molecule has 5 heteroatoms. The number of aromatic nitrogens is 1. The molecule has 1 heterocycles. The normalized spacial score (nSPS) is 11.5. The van der Waals surface area contributed by atoms with Gasteiger partial charge in [-0.3, -0.25) is 4.98 Å². The summed E-state index contributed by atoms with van der Waals surface area (Å²) in [6.45, 7) is 3.53. The van der Waals surface area contributed by atoms with Crippen LogP contribution in [0.5, 0.6) is 11.5 Å². The number of halogens is 2. The molecule has 0 atom stereocenters. The van der Waals surface area contributed by atoms with Gasteiger partial charge >= 0.3 is 0 Å². The second kappa shape index (κ2) is 6.14. The smallest absolute Gasteiger partial charge is 0.172 e. The zero-order valence-electron chi connectivity index (χ0n) is 11.6. The highest BCUT2D eigenvalue weighted by molar-refractivity contribution is 6.30. The summed E-state index contributed by atoms with van der Waals surface area (Å²) in [5, 5.41) is 20.3. The summed E-state index contributed by atoms with van der Waals surface area (Å²) in [6, 6.07) is 4.64. The number of benzene rings is 1. The largest absolute Gasteiger partial charge is 0.507 e. The van der Waals surface area contributed by atoms with Crippen molar-refractivity contribution in [1.29, 1.82) is 0 Å². The van der Waals surface area contributed by atoms with Crippen molar-refractivity contribution in [2.45, 2.75) is 19.8 Å². The predicted molar refractivity (Wildman–Crippen MR) is 82.0 cm³/mol. The lowest BCUT2D eigenvalue weighted by Crippen LogP contribution is -1.94. The maximum atomic E-state index is 14.1. The van der Waals surface area contributed by atoms with E-state index >= 15 is 0 Å². The Morgan fingerprint density at radius 2 is 1.95 bits per heavy atom. The number of phenols is 2. The molecule has 0 fully saturated rings. The van der Waals surface area contributed by atoms with Crippen LogP contribution in [0.15, 0.2) is 24.4 Å². The number of hydrogen-bond acceptors (Lipinski definition) is 3. The third kappa shape index (κ3) is 3.34. The molecule has 0 aliphatic heterocycles. The summed E-state index contributed by atoms with van der Waals surface area (Å²) >= 11 is 5.73. The molecule has 21 heavy (non-hydrogen) atoms. The van der Waals surface area contributed by atoms with Crippen LogP contribution in [0.3, 0.4) is 0 Å². The first kappa shape index (κ1) is 15.3. The van der Waals surface area contributed by atoms with E-state index in [0.29, 0.717) is 10.7 Å². The minimum absolute atomic E-state index is 0.0890. The van der Waals surface area contributed by atoms with Gasteiger partial charge in [-0.15, -0.1) is 0 Å². The van der Waals surface area contributed by atoms with E-state index in [1.807, 2.05) is 0 Å². The fourth-order valence-corrected chi connectivity index (χ4v) is 2.13. The van der Waals surface area contributed by atoms with E-state index in [4.69, 9.17) is 11.6 Å². The van der Waals surface area contributed by atoms with E-state index in [0.717, 1.165) is 0 Å². The van der Waals surface area contributed by atoms with Gasteiger partial charge in [-0.1, -0.05) is 25.4 Å². The summed E-state index contributed by atoms with van der Waals surface area (Å²) < 4.78 is 14.1. The average molecular weight is 308 g/mol. The molecular weight excluding hydrogens is 293 g/mol. The Bertz CT molecular complexity index is 682. The molecule has 2 rings (SSSR count). The van der Waals surface area contributed by atoms with Crippen LogP contribution in [0.25, 0.3) is 12.2 Å². The Labute approximate surface area is 127 Å². The molecule has 0 bridgehead atoms. The Hall–Kier alpha value is -2.07. The Kier molecular flexibility index (Phi) is 4.48. The molecule has 2 aromatic rings. The van der Waals surface area contributed by atoms with Gasteiger partial charge in [-0.05, 0) is 36.3 Å². The van der Waals surface area contributed by atoms with Crippen molar-refractivity contribution in [3.8, 4) is 11.5 Å². The summed E-state index contributed by atoms with van der Waals surface area (Å²) in [4.78, 5) is 4.05. The molecule has 110 valence electrons. The molecule has 2 N–H and O–H groups in total.